The number of carbonyl (C=O) groups excluding carboxylic acids is 1. The van der Waals surface area contributed by atoms with Crippen LogP contribution in [-0.2, 0) is 14.8 Å². The lowest BCUT2D eigenvalue weighted by Crippen LogP contribution is -2.45. The Labute approximate surface area is 249 Å². The third kappa shape index (κ3) is 6.67. The van der Waals surface area contributed by atoms with Crippen LogP contribution in [-0.4, -0.2) is 31.4 Å². The van der Waals surface area contributed by atoms with E-state index < -0.39 is 22.0 Å². The normalized spacial score (nSPS) is 13.0. The Bertz CT molecular complexity index is 1660. The fourth-order valence-electron chi connectivity index (χ4n) is 4.78. The summed E-state index contributed by atoms with van der Waals surface area (Å²) in [5.74, 6) is -1.64. The molecule has 10 heteroatoms. The average Bonchev–Trinajstić information content (AvgIpc) is 2.94. The van der Waals surface area contributed by atoms with Gasteiger partial charge in [0.05, 0.1) is 16.6 Å². The van der Waals surface area contributed by atoms with Gasteiger partial charge in [-0.25, -0.2) is 13.2 Å². The minimum atomic E-state index is -4.47. The number of nitrogens with zero attached hydrogens (tertiary/aromatic N) is 1. The highest BCUT2D eigenvalue weighted by Crippen LogP contribution is 2.36. The van der Waals surface area contributed by atoms with Crippen molar-refractivity contribution in [3.05, 3.63) is 106 Å². The summed E-state index contributed by atoms with van der Waals surface area (Å²) in [6, 6.07) is 21.5. The van der Waals surface area contributed by atoms with Crippen LogP contribution in [0.15, 0.2) is 89.8 Å². The van der Waals surface area contributed by atoms with E-state index >= 15 is 0 Å². The van der Waals surface area contributed by atoms with Crippen LogP contribution in [0.4, 0.5) is 5.69 Å². The van der Waals surface area contributed by atoms with Crippen molar-refractivity contribution in [2.24, 2.45) is 0 Å². The van der Waals surface area contributed by atoms with Gasteiger partial charge in [0, 0.05) is 21.0 Å². The van der Waals surface area contributed by atoms with Gasteiger partial charge in [-0.05, 0) is 54.6 Å². The van der Waals surface area contributed by atoms with Gasteiger partial charge in [0.15, 0.2) is 0 Å². The number of unbranched alkanes of at least 4 members (excludes halogenated alkanes) is 1. The molecule has 0 aliphatic heterocycles. The molecule has 4 aromatic rings. The Hall–Kier alpha value is -3.59. The van der Waals surface area contributed by atoms with E-state index in [1.54, 1.807) is 36.4 Å². The standard InChI is InChI=1S/C31H30Cl2N2O5S/c1-3-4-15-29(31(37)38)35(41(39,40)24-18-22(32)17-23(33)19-24)28-16-9-12-25-26(28)13-8-14-27(25)30(36)34-20(2)21-10-6-5-7-11-21/h5-14,16-20,29H,3-4,15H2,1-2H3,(H,34,36)(H,37,38). The van der Waals surface area contributed by atoms with E-state index in [-0.39, 0.29) is 39.0 Å². The summed E-state index contributed by atoms with van der Waals surface area (Å²) in [5, 5.41) is 14.3. The van der Waals surface area contributed by atoms with E-state index in [0.717, 1.165) is 9.87 Å². The summed E-state index contributed by atoms with van der Waals surface area (Å²) in [5.41, 5.74) is 1.39. The molecule has 0 fully saturated rings. The summed E-state index contributed by atoms with van der Waals surface area (Å²) in [6.45, 7) is 3.77. The number of carbonyl (C=O) groups is 2. The van der Waals surface area contributed by atoms with E-state index in [4.69, 9.17) is 23.2 Å². The van der Waals surface area contributed by atoms with E-state index in [1.165, 1.54) is 18.2 Å². The van der Waals surface area contributed by atoms with Crippen LogP contribution >= 0.6 is 23.2 Å². The van der Waals surface area contributed by atoms with Crippen LogP contribution in [0.1, 0.15) is 55.1 Å². The minimum Gasteiger partial charge on any atom is -0.480 e. The van der Waals surface area contributed by atoms with Gasteiger partial charge in [-0.2, -0.15) is 0 Å². The number of fused-ring (bicyclic) bond motifs is 1. The fourth-order valence-corrected chi connectivity index (χ4v) is 7.16. The average molecular weight is 614 g/mol. The maximum absolute atomic E-state index is 14.2. The number of nitrogens with one attached hydrogen (secondary N) is 1. The number of carboxylic acids is 1. The molecule has 0 radical (unpaired) electrons. The van der Waals surface area contributed by atoms with Crippen molar-refractivity contribution in [1.29, 1.82) is 0 Å². The number of carboxylic acid groups (broad SMARTS) is 1. The summed E-state index contributed by atoms with van der Waals surface area (Å²) < 4.78 is 29.3. The molecular formula is C31H30Cl2N2O5S. The summed E-state index contributed by atoms with van der Waals surface area (Å²) >= 11 is 12.3. The first-order chi connectivity index (χ1) is 19.5. The predicted molar refractivity (Wildman–Crippen MR) is 163 cm³/mol. The van der Waals surface area contributed by atoms with Gasteiger partial charge in [0.25, 0.3) is 15.9 Å². The molecule has 0 saturated heterocycles. The zero-order chi connectivity index (χ0) is 29.7. The first-order valence-electron chi connectivity index (χ1n) is 13.2. The maximum Gasteiger partial charge on any atom is 0.327 e. The molecule has 214 valence electrons. The Morgan fingerprint density at radius 1 is 0.902 bits per heavy atom. The second kappa shape index (κ2) is 12.9. The number of halogens is 2. The Balaban J connectivity index is 1.88. The third-order valence-corrected chi connectivity index (χ3v) is 9.06. The first kappa shape index (κ1) is 30.4. The SMILES string of the molecule is CCCCC(C(=O)O)N(c1cccc2c(C(=O)NC(C)c3ccccc3)cccc12)S(=O)(=O)c1cc(Cl)cc(Cl)c1. The van der Waals surface area contributed by atoms with Crippen LogP contribution in [0.2, 0.25) is 10.0 Å². The van der Waals surface area contributed by atoms with Crippen molar-refractivity contribution in [1.82, 2.24) is 5.32 Å². The number of benzene rings is 4. The van der Waals surface area contributed by atoms with Crippen molar-refractivity contribution < 1.29 is 23.1 Å². The smallest absolute Gasteiger partial charge is 0.327 e. The van der Waals surface area contributed by atoms with Crippen LogP contribution in [0.5, 0.6) is 0 Å². The summed E-state index contributed by atoms with van der Waals surface area (Å²) in [4.78, 5) is 25.8. The molecule has 2 N–H and O–H groups in total. The topological polar surface area (TPSA) is 104 Å². The molecule has 4 rings (SSSR count). The minimum absolute atomic E-state index is 0.0739. The number of aliphatic carboxylic acids is 1. The molecule has 4 aromatic carbocycles. The van der Waals surface area contributed by atoms with Crippen LogP contribution in [0, 0.1) is 0 Å². The van der Waals surface area contributed by atoms with Crippen LogP contribution < -0.4 is 9.62 Å². The van der Waals surface area contributed by atoms with Crippen molar-refractivity contribution in [2.45, 2.75) is 50.1 Å². The molecule has 0 bridgehead atoms. The van der Waals surface area contributed by atoms with Crippen molar-refractivity contribution in [2.75, 3.05) is 4.31 Å². The fraction of sp³-hybridized carbons (Fsp3) is 0.226. The number of amides is 1. The zero-order valence-electron chi connectivity index (χ0n) is 22.6. The van der Waals surface area contributed by atoms with E-state index in [9.17, 15) is 23.1 Å². The highest BCUT2D eigenvalue weighted by atomic mass is 35.5. The lowest BCUT2D eigenvalue weighted by atomic mass is 10.0. The van der Waals surface area contributed by atoms with Crippen LogP contribution in [0.3, 0.4) is 0 Å². The van der Waals surface area contributed by atoms with Gasteiger partial charge >= 0.3 is 5.97 Å². The molecular weight excluding hydrogens is 583 g/mol. The second-order valence-corrected chi connectivity index (χ2v) is 12.4. The maximum atomic E-state index is 14.2. The molecule has 2 unspecified atom stereocenters. The third-order valence-electron chi connectivity index (χ3n) is 6.82. The van der Waals surface area contributed by atoms with Crippen molar-refractivity contribution in [3.63, 3.8) is 0 Å². The molecule has 2 atom stereocenters. The monoisotopic (exact) mass is 612 g/mol. The van der Waals surface area contributed by atoms with Crippen molar-refractivity contribution in [3.8, 4) is 0 Å². The van der Waals surface area contributed by atoms with Gasteiger partial charge < -0.3 is 10.4 Å². The van der Waals surface area contributed by atoms with Gasteiger partial charge in [-0.3, -0.25) is 9.10 Å². The number of anilines is 1. The zero-order valence-corrected chi connectivity index (χ0v) is 24.9. The largest absolute Gasteiger partial charge is 0.480 e. The highest BCUT2D eigenvalue weighted by molar-refractivity contribution is 7.93. The first-order valence-corrected chi connectivity index (χ1v) is 15.3. The lowest BCUT2D eigenvalue weighted by Gasteiger charge is -2.31. The molecule has 0 aromatic heterocycles. The Kier molecular flexibility index (Phi) is 9.58. The molecule has 1 amide bonds. The molecule has 0 spiro atoms. The molecule has 0 saturated carbocycles. The van der Waals surface area contributed by atoms with Gasteiger partial charge in [0.1, 0.15) is 6.04 Å². The number of hydrogen-bond acceptors (Lipinski definition) is 4. The quantitative estimate of drug-likeness (QED) is 0.183. The molecule has 0 heterocycles. The lowest BCUT2D eigenvalue weighted by molar-refractivity contribution is -0.138. The van der Waals surface area contributed by atoms with Crippen molar-refractivity contribution >= 4 is 61.6 Å². The summed E-state index contributed by atoms with van der Waals surface area (Å²) in [7, 11) is -4.47. The second-order valence-electron chi connectivity index (χ2n) is 9.69. The number of rotatable bonds is 11. The van der Waals surface area contributed by atoms with E-state index in [1.807, 2.05) is 44.2 Å². The highest BCUT2D eigenvalue weighted by Gasteiger charge is 2.37. The van der Waals surface area contributed by atoms with Gasteiger partial charge in [0.2, 0.25) is 0 Å². The number of hydrogen-bond donors (Lipinski definition) is 2. The molecule has 41 heavy (non-hydrogen) atoms. The predicted octanol–water partition coefficient (Wildman–Crippen LogP) is 7.48. The van der Waals surface area contributed by atoms with E-state index in [2.05, 4.69) is 5.32 Å². The molecule has 0 aliphatic carbocycles. The van der Waals surface area contributed by atoms with Gasteiger partial charge in [-0.1, -0.05) is 97.6 Å². The van der Waals surface area contributed by atoms with Crippen LogP contribution in [0.25, 0.3) is 10.8 Å². The Morgan fingerprint density at radius 2 is 1.54 bits per heavy atom. The molecule has 7 nitrogen and oxygen atoms in total. The summed E-state index contributed by atoms with van der Waals surface area (Å²) in [6.07, 6.45) is 1.22. The van der Waals surface area contributed by atoms with Gasteiger partial charge in [-0.15, -0.1) is 0 Å². The van der Waals surface area contributed by atoms with E-state index in [0.29, 0.717) is 29.2 Å². The molecule has 0 aliphatic rings. The number of sulfonamides is 1. The Morgan fingerprint density at radius 3 is 2.17 bits per heavy atom.